The van der Waals surface area contributed by atoms with Gasteiger partial charge in [0.2, 0.25) is 0 Å². The molecule has 1 N–H and O–H groups in total. The molecule has 2 rings (SSSR count). The Labute approximate surface area is 90.7 Å². The quantitative estimate of drug-likeness (QED) is 0.788. The van der Waals surface area contributed by atoms with Crippen LogP contribution in [0.4, 0.5) is 0 Å². The first kappa shape index (κ1) is 10.2. The van der Waals surface area contributed by atoms with Gasteiger partial charge in [-0.3, -0.25) is 5.10 Å². The lowest BCUT2D eigenvalue weighted by atomic mass is 9.93. The molecule has 2 nitrogen and oxygen atoms in total. The van der Waals surface area contributed by atoms with Crippen LogP contribution in [0.25, 0.3) is 10.9 Å². The molecule has 2 aromatic rings. The summed E-state index contributed by atoms with van der Waals surface area (Å²) in [6.07, 6.45) is 1.94. The predicted octanol–water partition coefficient (Wildman–Crippen LogP) is 3.81. The van der Waals surface area contributed by atoms with Crippen molar-refractivity contribution in [2.24, 2.45) is 0 Å². The molecule has 0 unspecified atom stereocenters. The van der Waals surface area contributed by atoms with Crippen molar-refractivity contribution in [1.29, 1.82) is 0 Å². The summed E-state index contributed by atoms with van der Waals surface area (Å²) in [5, 5.41) is 8.55. The molecule has 0 fully saturated rings. The van der Waals surface area contributed by atoms with Crippen molar-refractivity contribution < 1.29 is 0 Å². The molecule has 0 aliphatic carbocycles. The highest BCUT2D eigenvalue weighted by Crippen LogP contribution is 2.29. The fraction of sp³-hybridized carbons (Fsp3) is 0.462. The van der Waals surface area contributed by atoms with Crippen molar-refractivity contribution in [3.05, 3.63) is 29.5 Å². The molecule has 0 spiro atoms. The Bertz CT molecular complexity index is 424. The van der Waals surface area contributed by atoms with Gasteiger partial charge >= 0.3 is 0 Å². The first-order valence-corrected chi connectivity index (χ1v) is 5.57. The smallest absolute Gasteiger partial charge is 0.0687 e. The monoisotopic (exact) mass is 202 g/mol. The number of hydrogen-bond donors (Lipinski definition) is 1. The predicted molar refractivity (Wildman–Crippen MR) is 64.3 cm³/mol. The number of nitrogens with one attached hydrogen (secondary N) is 1. The van der Waals surface area contributed by atoms with Crippen LogP contribution >= 0.6 is 0 Å². The molecule has 0 atom stereocenters. The SMILES string of the molecule is CC(C)c1ccc(C(C)C)c2[nH]ncc12. The summed E-state index contributed by atoms with van der Waals surface area (Å²) in [7, 11) is 0. The molecular formula is C13H18N2. The van der Waals surface area contributed by atoms with Crippen LogP contribution in [-0.4, -0.2) is 10.2 Å². The van der Waals surface area contributed by atoms with E-state index in [-0.39, 0.29) is 0 Å². The molecule has 15 heavy (non-hydrogen) atoms. The van der Waals surface area contributed by atoms with Crippen molar-refractivity contribution in [2.75, 3.05) is 0 Å². The first-order valence-electron chi connectivity index (χ1n) is 5.57. The first-order chi connectivity index (χ1) is 7.11. The number of rotatable bonds is 2. The van der Waals surface area contributed by atoms with Crippen molar-refractivity contribution in [3.63, 3.8) is 0 Å². The van der Waals surface area contributed by atoms with Crippen LogP contribution in [0.2, 0.25) is 0 Å². The van der Waals surface area contributed by atoms with Crippen LogP contribution in [0.5, 0.6) is 0 Å². The van der Waals surface area contributed by atoms with Gasteiger partial charge in [-0.25, -0.2) is 0 Å². The highest BCUT2D eigenvalue weighted by Gasteiger charge is 2.11. The molecule has 1 aromatic heterocycles. The number of aromatic amines is 1. The maximum Gasteiger partial charge on any atom is 0.0687 e. The van der Waals surface area contributed by atoms with Gasteiger partial charge in [-0.1, -0.05) is 39.8 Å². The van der Waals surface area contributed by atoms with Gasteiger partial charge < -0.3 is 0 Å². The van der Waals surface area contributed by atoms with Gasteiger partial charge in [-0.05, 0) is 23.0 Å². The Morgan fingerprint density at radius 3 is 2.20 bits per heavy atom. The van der Waals surface area contributed by atoms with E-state index in [2.05, 4.69) is 50.0 Å². The molecule has 0 aliphatic rings. The van der Waals surface area contributed by atoms with E-state index in [1.165, 1.54) is 22.0 Å². The number of benzene rings is 1. The van der Waals surface area contributed by atoms with E-state index in [1.807, 2.05) is 6.20 Å². The zero-order chi connectivity index (χ0) is 11.0. The van der Waals surface area contributed by atoms with Crippen molar-refractivity contribution in [1.82, 2.24) is 10.2 Å². The summed E-state index contributed by atoms with van der Waals surface area (Å²) in [6, 6.07) is 4.46. The van der Waals surface area contributed by atoms with Gasteiger partial charge in [-0.2, -0.15) is 5.10 Å². The van der Waals surface area contributed by atoms with Gasteiger partial charge in [0.25, 0.3) is 0 Å². The van der Waals surface area contributed by atoms with Gasteiger partial charge in [-0.15, -0.1) is 0 Å². The van der Waals surface area contributed by atoms with Crippen LogP contribution in [0.1, 0.15) is 50.7 Å². The molecule has 2 heteroatoms. The third-order valence-corrected chi connectivity index (χ3v) is 2.93. The van der Waals surface area contributed by atoms with Gasteiger partial charge in [0.05, 0.1) is 11.7 Å². The van der Waals surface area contributed by atoms with E-state index in [9.17, 15) is 0 Å². The summed E-state index contributed by atoms with van der Waals surface area (Å²) in [4.78, 5) is 0. The molecular weight excluding hydrogens is 184 g/mol. The Kier molecular flexibility index (Phi) is 2.51. The van der Waals surface area contributed by atoms with Gasteiger partial charge in [0.1, 0.15) is 0 Å². The molecule has 1 heterocycles. The van der Waals surface area contributed by atoms with Gasteiger partial charge in [0, 0.05) is 5.39 Å². The third-order valence-electron chi connectivity index (χ3n) is 2.93. The number of aromatic nitrogens is 2. The Morgan fingerprint density at radius 2 is 1.60 bits per heavy atom. The summed E-state index contributed by atoms with van der Waals surface area (Å²) in [5.74, 6) is 1.08. The zero-order valence-corrected chi connectivity index (χ0v) is 9.83. The highest BCUT2D eigenvalue weighted by atomic mass is 15.1. The highest BCUT2D eigenvalue weighted by molar-refractivity contribution is 5.85. The fourth-order valence-electron chi connectivity index (χ4n) is 2.06. The summed E-state index contributed by atoms with van der Waals surface area (Å²) < 4.78 is 0. The van der Waals surface area contributed by atoms with E-state index >= 15 is 0 Å². The minimum absolute atomic E-state index is 0.536. The van der Waals surface area contributed by atoms with Crippen LogP contribution in [0, 0.1) is 0 Å². The lowest BCUT2D eigenvalue weighted by molar-refractivity contribution is 0.857. The van der Waals surface area contributed by atoms with Crippen LogP contribution in [0.15, 0.2) is 18.3 Å². The minimum Gasteiger partial charge on any atom is -0.278 e. The van der Waals surface area contributed by atoms with E-state index in [0.29, 0.717) is 11.8 Å². The maximum atomic E-state index is 4.16. The van der Waals surface area contributed by atoms with Crippen molar-refractivity contribution in [3.8, 4) is 0 Å². The molecule has 0 radical (unpaired) electrons. The van der Waals surface area contributed by atoms with Crippen LogP contribution in [0.3, 0.4) is 0 Å². The lowest BCUT2D eigenvalue weighted by Gasteiger charge is -2.11. The Balaban J connectivity index is 2.71. The maximum absolute atomic E-state index is 4.16. The van der Waals surface area contributed by atoms with Crippen molar-refractivity contribution in [2.45, 2.75) is 39.5 Å². The largest absolute Gasteiger partial charge is 0.278 e. The molecule has 0 saturated carbocycles. The molecule has 1 aromatic carbocycles. The Hall–Kier alpha value is -1.31. The van der Waals surface area contributed by atoms with E-state index < -0.39 is 0 Å². The molecule has 0 bridgehead atoms. The number of hydrogen-bond acceptors (Lipinski definition) is 1. The van der Waals surface area contributed by atoms with Crippen molar-refractivity contribution >= 4 is 10.9 Å². The lowest BCUT2D eigenvalue weighted by Crippen LogP contribution is -1.94. The molecule has 0 amide bonds. The fourth-order valence-corrected chi connectivity index (χ4v) is 2.06. The molecule has 80 valence electrons. The van der Waals surface area contributed by atoms with Crippen LogP contribution in [-0.2, 0) is 0 Å². The average molecular weight is 202 g/mol. The molecule has 0 saturated heterocycles. The van der Waals surface area contributed by atoms with Crippen LogP contribution < -0.4 is 0 Å². The number of nitrogens with zero attached hydrogens (tertiary/aromatic N) is 1. The molecule has 0 aliphatic heterocycles. The number of fused-ring (bicyclic) bond motifs is 1. The van der Waals surface area contributed by atoms with Gasteiger partial charge in [0.15, 0.2) is 0 Å². The van der Waals surface area contributed by atoms with E-state index in [1.54, 1.807) is 0 Å². The standard InChI is InChI=1S/C13H18N2/c1-8(2)10-5-6-11(9(3)4)13-12(10)7-14-15-13/h5-9H,1-4H3,(H,14,15). The van der Waals surface area contributed by atoms with E-state index in [0.717, 1.165) is 0 Å². The summed E-state index contributed by atoms with van der Waals surface area (Å²) in [5.41, 5.74) is 3.94. The zero-order valence-electron chi connectivity index (χ0n) is 9.83. The summed E-state index contributed by atoms with van der Waals surface area (Å²) >= 11 is 0. The second kappa shape index (κ2) is 3.69. The third kappa shape index (κ3) is 1.65. The second-order valence-electron chi connectivity index (χ2n) is 4.71. The minimum atomic E-state index is 0.536. The topological polar surface area (TPSA) is 28.7 Å². The number of H-pyrrole nitrogens is 1. The Morgan fingerprint density at radius 1 is 1.00 bits per heavy atom. The second-order valence-corrected chi connectivity index (χ2v) is 4.71. The normalized spacial score (nSPS) is 11.9. The van der Waals surface area contributed by atoms with E-state index in [4.69, 9.17) is 0 Å². The summed E-state index contributed by atoms with van der Waals surface area (Å²) in [6.45, 7) is 8.86. The average Bonchev–Trinajstić information content (AvgIpc) is 2.63.